The average Bonchev–Trinajstić information content (AvgIpc) is 2.79. The number of amides is 1. The molecule has 0 bridgehead atoms. The number of hydrogen-bond donors (Lipinski definition) is 0. The highest BCUT2D eigenvalue weighted by Gasteiger charge is 2.34. The zero-order valence-corrected chi connectivity index (χ0v) is 15.2. The Labute approximate surface area is 163 Å². The van der Waals surface area contributed by atoms with E-state index in [0.29, 0.717) is 12.2 Å². The second-order valence-electron chi connectivity index (χ2n) is 6.34. The lowest BCUT2D eigenvalue weighted by Gasteiger charge is -2.37. The van der Waals surface area contributed by atoms with Gasteiger partial charge in [0.05, 0.1) is 6.54 Å². The van der Waals surface area contributed by atoms with Crippen molar-refractivity contribution in [3.8, 4) is 5.75 Å². The molecule has 1 aliphatic heterocycles. The van der Waals surface area contributed by atoms with Gasteiger partial charge in [-0.3, -0.25) is 9.78 Å². The molecule has 0 unspecified atom stereocenters. The van der Waals surface area contributed by atoms with E-state index in [-0.39, 0.29) is 18.6 Å². The van der Waals surface area contributed by atoms with E-state index in [0.717, 1.165) is 11.3 Å². The van der Waals surface area contributed by atoms with Crippen molar-refractivity contribution >= 4 is 5.91 Å². The Balaban J connectivity index is 1.51. The summed E-state index contributed by atoms with van der Waals surface area (Å²) in [5, 5.41) is 1.34. The third kappa shape index (κ3) is 4.36. The minimum Gasteiger partial charge on any atom is -0.491 e. The SMILES string of the molecule is O=C(c1ccccc1)N1C[C@@H](COc2ccccc2)O[C@@H](c2cccnc2)O1. The van der Waals surface area contributed by atoms with Crippen LogP contribution < -0.4 is 4.74 Å². The van der Waals surface area contributed by atoms with Crippen LogP contribution in [0.1, 0.15) is 22.2 Å². The Hall–Kier alpha value is -3.22. The number of para-hydroxylation sites is 1. The van der Waals surface area contributed by atoms with Crippen molar-refractivity contribution in [3.05, 3.63) is 96.3 Å². The molecular weight excluding hydrogens is 356 g/mol. The van der Waals surface area contributed by atoms with Gasteiger partial charge < -0.3 is 9.47 Å². The standard InChI is InChI=1S/C22H20N2O4/c25-21(17-8-3-1-4-9-17)24-15-20(16-26-19-11-5-2-6-12-19)27-22(28-24)18-10-7-13-23-14-18/h1-14,20,22H,15-16H2/t20-,22+/m0/s1. The lowest BCUT2D eigenvalue weighted by molar-refractivity contribution is -0.325. The molecule has 2 aromatic carbocycles. The Morgan fingerprint density at radius 2 is 1.79 bits per heavy atom. The second-order valence-corrected chi connectivity index (χ2v) is 6.34. The highest BCUT2D eigenvalue weighted by molar-refractivity contribution is 5.93. The molecule has 28 heavy (non-hydrogen) atoms. The molecule has 0 aliphatic carbocycles. The van der Waals surface area contributed by atoms with Gasteiger partial charge in [0.2, 0.25) is 6.29 Å². The van der Waals surface area contributed by atoms with E-state index in [1.165, 1.54) is 5.06 Å². The molecule has 1 aromatic heterocycles. The third-order valence-corrected chi connectivity index (χ3v) is 4.29. The Morgan fingerprint density at radius 3 is 2.50 bits per heavy atom. The number of rotatable bonds is 5. The first-order chi connectivity index (χ1) is 13.8. The fourth-order valence-corrected chi connectivity index (χ4v) is 2.89. The minimum atomic E-state index is -0.737. The van der Waals surface area contributed by atoms with Gasteiger partial charge in [0.1, 0.15) is 18.5 Å². The lowest BCUT2D eigenvalue weighted by Crippen LogP contribution is -2.47. The molecule has 1 aliphatic rings. The third-order valence-electron chi connectivity index (χ3n) is 4.29. The van der Waals surface area contributed by atoms with Crippen molar-refractivity contribution in [1.82, 2.24) is 10.0 Å². The fraction of sp³-hybridized carbons (Fsp3) is 0.182. The number of hydrogen-bond acceptors (Lipinski definition) is 5. The molecule has 0 radical (unpaired) electrons. The maximum absolute atomic E-state index is 12.9. The molecule has 2 heterocycles. The summed E-state index contributed by atoms with van der Waals surface area (Å²) in [5.41, 5.74) is 1.29. The van der Waals surface area contributed by atoms with Gasteiger partial charge in [-0.05, 0) is 30.3 Å². The van der Waals surface area contributed by atoms with E-state index in [9.17, 15) is 4.79 Å². The molecule has 0 spiro atoms. The first-order valence-corrected chi connectivity index (χ1v) is 9.06. The van der Waals surface area contributed by atoms with Crippen molar-refractivity contribution in [3.63, 3.8) is 0 Å². The predicted octanol–water partition coefficient (Wildman–Crippen LogP) is 3.63. The normalized spacial score (nSPS) is 19.2. The molecule has 0 saturated carbocycles. The van der Waals surface area contributed by atoms with Gasteiger partial charge in [0.25, 0.3) is 5.91 Å². The number of benzene rings is 2. The Morgan fingerprint density at radius 1 is 1.04 bits per heavy atom. The van der Waals surface area contributed by atoms with Gasteiger partial charge in [-0.15, -0.1) is 0 Å². The molecule has 3 aromatic rings. The van der Waals surface area contributed by atoms with Crippen LogP contribution in [0.2, 0.25) is 0 Å². The number of carbonyl (C=O) groups is 1. The number of nitrogens with zero attached hydrogens (tertiary/aromatic N) is 2. The zero-order chi connectivity index (χ0) is 19.2. The molecule has 2 atom stereocenters. The van der Waals surface area contributed by atoms with Crippen molar-refractivity contribution in [2.45, 2.75) is 12.4 Å². The average molecular weight is 376 g/mol. The molecule has 6 nitrogen and oxygen atoms in total. The van der Waals surface area contributed by atoms with Crippen molar-refractivity contribution in [2.24, 2.45) is 0 Å². The van der Waals surface area contributed by atoms with Crippen LogP contribution >= 0.6 is 0 Å². The lowest BCUT2D eigenvalue weighted by atomic mass is 10.2. The summed E-state index contributed by atoms with van der Waals surface area (Å²) in [6, 6.07) is 22.2. The van der Waals surface area contributed by atoms with Crippen LogP contribution in [-0.4, -0.2) is 35.2 Å². The van der Waals surface area contributed by atoms with E-state index in [4.69, 9.17) is 14.3 Å². The monoisotopic (exact) mass is 376 g/mol. The summed E-state index contributed by atoms with van der Waals surface area (Å²) in [5.74, 6) is 0.527. The molecular formula is C22H20N2O4. The van der Waals surface area contributed by atoms with Crippen molar-refractivity contribution in [1.29, 1.82) is 0 Å². The molecule has 142 valence electrons. The van der Waals surface area contributed by atoms with Gasteiger partial charge in [-0.2, -0.15) is 0 Å². The van der Waals surface area contributed by atoms with E-state index in [1.807, 2.05) is 54.6 Å². The largest absolute Gasteiger partial charge is 0.491 e. The van der Waals surface area contributed by atoms with E-state index < -0.39 is 6.29 Å². The number of aromatic nitrogens is 1. The van der Waals surface area contributed by atoms with Crippen molar-refractivity contribution in [2.75, 3.05) is 13.2 Å². The van der Waals surface area contributed by atoms with Gasteiger partial charge in [0, 0.05) is 23.5 Å². The number of ether oxygens (including phenoxy) is 2. The Bertz CT molecular complexity index is 890. The predicted molar refractivity (Wildman–Crippen MR) is 102 cm³/mol. The number of pyridine rings is 1. The van der Waals surface area contributed by atoms with Gasteiger partial charge in [-0.25, -0.2) is 9.90 Å². The molecule has 4 rings (SSSR count). The first kappa shape index (κ1) is 18.2. The number of hydroxylamine groups is 2. The summed E-state index contributed by atoms with van der Waals surface area (Å²) < 4.78 is 11.9. The second kappa shape index (κ2) is 8.65. The molecule has 1 amide bonds. The molecule has 1 fully saturated rings. The van der Waals surface area contributed by atoms with Gasteiger partial charge >= 0.3 is 0 Å². The van der Waals surface area contributed by atoms with E-state index in [2.05, 4.69) is 4.98 Å². The molecule has 6 heteroatoms. The van der Waals surface area contributed by atoms with Crippen LogP contribution in [-0.2, 0) is 9.57 Å². The maximum atomic E-state index is 12.9. The summed E-state index contributed by atoms with van der Waals surface area (Å²) >= 11 is 0. The fourth-order valence-electron chi connectivity index (χ4n) is 2.89. The quantitative estimate of drug-likeness (QED) is 0.680. The number of carbonyl (C=O) groups excluding carboxylic acids is 1. The van der Waals surface area contributed by atoms with Crippen LogP contribution in [0.25, 0.3) is 0 Å². The van der Waals surface area contributed by atoms with Crippen LogP contribution in [0.4, 0.5) is 0 Å². The van der Waals surface area contributed by atoms with E-state index >= 15 is 0 Å². The zero-order valence-electron chi connectivity index (χ0n) is 15.2. The van der Waals surface area contributed by atoms with Crippen LogP contribution in [0, 0.1) is 0 Å². The van der Waals surface area contributed by atoms with Gasteiger partial charge in [0.15, 0.2) is 0 Å². The first-order valence-electron chi connectivity index (χ1n) is 9.06. The summed E-state index contributed by atoms with van der Waals surface area (Å²) in [6.45, 7) is 0.556. The highest BCUT2D eigenvalue weighted by Crippen LogP contribution is 2.27. The maximum Gasteiger partial charge on any atom is 0.277 e. The van der Waals surface area contributed by atoms with Crippen LogP contribution in [0.5, 0.6) is 5.75 Å². The Kier molecular flexibility index (Phi) is 5.61. The minimum absolute atomic E-state index is 0.220. The summed E-state index contributed by atoms with van der Waals surface area (Å²) in [4.78, 5) is 22.8. The van der Waals surface area contributed by atoms with Crippen molar-refractivity contribution < 1.29 is 19.1 Å². The summed E-state index contributed by atoms with van der Waals surface area (Å²) in [7, 11) is 0. The van der Waals surface area contributed by atoms with Gasteiger partial charge in [-0.1, -0.05) is 42.5 Å². The smallest absolute Gasteiger partial charge is 0.277 e. The van der Waals surface area contributed by atoms with Crippen LogP contribution in [0.3, 0.4) is 0 Å². The van der Waals surface area contributed by atoms with Crippen LogP contribution in [0.15, 0.2) is 85.2 Å². The van der Waals surface area contributed by atoms with E-state index in [1.54, 1.807) is 30.6 Å². The highest BCUT2D eigenvalue weighted by atomic mass is 16.8. The molecule has 1 saturated heterocycles. The topological polar surface area (TPSA) is 60.9 Å². The molecule has 0 N–H and O–H groups in total. The summed E-state index contributed by atoms with van der Waals surface area (Å²) in [6.07, 6.45) is 2.25.